The SMILES string of the molecule is O=C(Nc1ccc(N2N=C(c3ccccc3)[N]N(c3ccc(O)cc3)C2=O)cc1)c1ccccc1. The molecule has 0 atom stereocenters. The Hall–Kier alpha value is -5.11. The maximum absolute atomic E-state index is 13.4. The van der Waals surface area contributed by atoms with Gasteiger partial charge in [-0.1, -0.05) is 48.5 Å². The molecule has 1 aliphatic rings. The van der Waals surface area contributed by atoms with Crippen LogP contribution in [0.15, 0.2) is 114 Å². The maximum atomic E-state index is 13.4. The van der Waals surface area contributed by atoms with Crippen LogP contribution in [-0.2, 0) is 0 Å². The van der Waals surface area contributed by atoms with Crippen molar-refractivity contribution in [2.75, 3.05) is 15.3 Å². The number of rotatable bonds is 5. The highest BCUT2D eigenvalue weighted by atomic mass is 16.3. The van der Waals surface area contributed by atoms with E-state index in [0.29, 0.717) is 28.5 Å². The van der Waals surface area contributed by atoms with Gasteiger partial charge in [-0.15, -0.1) is 10.5 Å². The number of phenols is 1. The molecule has 0 spiro atoms. The Morgan fingerprint density at radius 2 is 1.29 bits per heavy atom. The van der Waals surface area contributed by atoms with Crippen molar-refractivity contribution in [2.45, 2.75) is 0 Å². The Kier molecular flexibility index (Phi) is 5.83. The normalized spacial score (nSPS) is 13.1. The van der Waals surface area contributed by atoms with Crippen LogP contribution in [0.5, 0.6) is 5.75 Å². The third kappa shape index (κ3) is 4.67. The number of benzene rings is 4. The number of amidine groups is 1. The summed E-state index contributed by atoms with van der Waals surface area (Å²) in [5.74, 6) is 0.203. The minimum atomic E-state index is -0.489. The first-order chi connectivity index (χ1) is 17.1. The second-order valence-electron chi connectivity index (χ2n) is 7.68. The Morgan fingerprint density at radius 3 is 1.94 bits per heavy atom. The number of phenolic OH excluding ortho intramolecular Hbond substituents is 1. The number of carbonyl (C=O) groups excluding carboxylic acids is 2. The fourth-order valence-corrected chi connectivity index (χ4v) is 3.50. The van der Waals surface area contributed by atoms with Crippen molar-refractivity contribution in [1.82, 2.24) is 5.43 Å². The number of urea groups is 1. The Bertz CT molecular complexity index is 1370. The van der Waals surface area contributed by atoms with Crippen molar-refractivity contribution >= 4 is 34.8 Å². The number of hydrazone groups is 1. The first-order valence-electron chi connectivity index (χ1n) is 10.8. The number of aromatic hydroxyl groups is 1. The van der Waals surface area contributed by atoms with Gasteiger partial charge in [0.25, 0.3) is 5.91 Å². The molecule has 171 valence electrons. The second kappa shape index (κ2) is 9.40. The molecule has 8 heteroatoms. The molecule has 0 aliphatic carbocycles. The predicted molar refractivity (Wildman–Crippen MR) is 134 cm³/mol. The lowest BCUT2D eigenvalue weighted by Crippen LogP contribution is -2.52. The third-order valence-electron chi connectivity index (χ3n) is 5.28. The molecular weight excluding hydrogens is 442 g/mol. The summed E-state index contributed by atoms with van der Waals surface area (Å²) < 4.78 is 0. The fraction of sp³-hybridized carbons (Fsp3) is 0. The van der Waals surface area contributed by atoms with Crippen molar-refractivity contribution in [3.63, 3.8) is 0 Å². The van der Waals surface area contributed by atoms with E-state index in [9.17, 15) is 14.7 Å². The van der Waals surface area contributed by atoms with E-state index in [1.54, 1.807) is 60.7 Å². The largest absolute Gasteiger partial charge is 0.508 e. The van der Waals surface area contributed by atoms with Crippen LogP contribution in [0.1, 0.15) is 15.9 Å². The smallest absolute Gasteiger partial charge is 0.370 e. The maximum Gasteiger partial charge on any atom is 0.370 e. The molecule has 0 saturated heterocycles. The molecule has 8 nitrogen and oxygen atoms in total. The van der Waals surface area contributed by atoms with Gasteiger partial charge in [-0.05, 0) is 60.7 Å². The van der Waals surface area contributed by atoms with E-state index in [0.717, 1.165) is 5.56 Å². The number of amides is 3. The van der Waals surface area contributed by atoms with Gasteiger partial charge in [-0.2, -0.15) is 10.0 Å². The standard InChI is InChI=1S/C27H20N5O3/c33-24-17-15-23(16-18-24)32-27(35)31(29-25(30-32)19-7-3-1-4-8-19)22-13-11-21(12-14-22)28-26(34)20-9-5-2-6-10-20/h1-18,33H,(H,28,34). The van der Waals surface area contributed by atoms with Crippen LogP contribution in [0.2, 0.25) is 0 Å². The molecule has 1 radical (unpaired) electrons. The second-order valence-corrected chi connectivity index (χ2v) is 7.68. The van der Waals surface area contributed by atoms with Gasteiger partial charge < -0.3 is 10.4 Å². The number of nitrogens with zero attached hydrogens (tertiary/aromatic N) is 4. The number of anilines is 3. The van der Waals surface area contributed by atoms with Crippen LogP contribution in [0.4, 0.5) is 21.9 Å². The highest BCUT2D eigenvalue weighted by Gasteiger charge is 2.32. The van der Waals surface area contributed by atoms with E-state index in [1.165, 1.54) is 22.2 Å². The summed E-state index contributed by atoms with van der Waals surface area (Å²) in [6.07, 6.45) is 0. The van der Waals surface area contributed by atoms with Crippen LogP contribution in [0.3, 0.4) is 0 Å². The number of hydrogen-bond acceptors (Lipinski definition) is 4. The van der Waals surface area contributed by atoms with Gasteiger partial charge in [0, 0.05) is 16.8 Å². The Balaban J connectivity index is 1.45. The van der Waals surface area contributed by atoms with E-state index < -0.39 is 6.03 Å². The van der Waals surface area contributed by atoms with Gasteiger partial charge in [0.1, 0.15) is 5.75 Å². The quantitative estimate of drug-likeness (QED) is 0.438. The van der Waals surface area contributed by atoms with Crippen LogP contribution in [0.25, 0.3) is 0 Å². The lowest BCUT2D eigenvalue weighted by Gasteiger charge is -2.31. The van der Waals surface area contributed by atoms with Crippen molar-refractivity contribution in [1.29, 1.82) is 0 Å². The topological polar surface area (TPSA) is 99.3 Å². The predicted octanol–water partition coefficient (Wildman–Crippen LogP) is 4.97. The summed E-state index contributed by atoms with van der Waals surface area (Å²) >= 11 is 0. The average Bonchev–Trinajstić information content (AvgIpc) is 2.91. The third-order valence-corrected chi connectivity index (χ3v) is 5.28. The average molecular weight is 462 g/mol. The summed E-state index contributed by atoms with van der Waals surface area (Å²) in [5.41, 5.74) is 7.30. The zero-order valence-corrected chi connectivity index (χ0v) is 18.4. The molecule has 0 fully saturated rings. The van der Waals surface area contributed by atoms with Crippen LogP contribution >= 0.6 is 0 Å². The van der Waals surface area contributed by atoms with Gasteiger partial charge in [0.2, 0.25) is 0 Å². The van der Waals surface area contributed by atoms with Gasteiger partial charge in [0.05, 0.1) is 11.4 Å². The first kappa shape index (κ1) is 21.7. The molecule has 35 heavy (non-hydrogen) atoms. The van der Waals surface area contributed by atoms with Gasteiger partial charge in [0.15, 0.2) is 5.84 Å². The molecule has 0 aromatic heterocycles. The van der Waals surface area contributed by atoms with Crippen molar-refractivity contribution in [2.24, 2.45) is 5.10 Å². The molecule has 4 aromatic carbocycles. The first-order valence-corrected chi connectivity index (χ1v) is 10.8. The molecule has 2 N–H and O–H groups in total. The van der Waals surface area contributed by atoms with E-state index in [-0.39, 0.29) is 11.7 Å². The Morgan fingerprint density at radius 1 is 0.714 bits per heavy atom. The highest BCUT2D eigenvalue weighted by molar-refractivity contribution is 6.13. The lowest BCUT2D eigenvalue weighted by atomic mass is 10.2. The van der Waals surface area contributed by atoms with Crippen molar-refractivity contribution in [3.05, 3.63) is 120 Å². The summed E-state index contributed by atoms with van der Waals surface area (Å²) in [6.45, 7) is 0. The zero-order valence-electron chi connectivity index (χ0n) is 18.4. The summed E-state index contributed by atoms with van der Waals surface area (Å²) in [4.78, 5) is 25.8. The molecule has 3 amide bonds. The minimum Gasteiger partial charge on any atom is -0.508 e. The van der Waals surface area contributed by atoms with Gasteiger partial charge >= 0.3 is 6.03 Å². The van der Waals surface area contributed by atoms with E-state index in [1.807, 2.05) is 36.4 Å². The fourth-order valence-electron chi connectivity index (χ4n) is 3.50. The zero-order chi connectivity index (χ0) is 24.2. The van der Waals surface area contributed by atoms with Crippen molar-refractivity contribution in [3.8, 4) is 5.75 Å². The van der Waals surface area contributed by atoms with E-state index in [4.69, 9.17) is 0 Å². The molecule has 1 aliphatic heterocycles. The summed E-state index contributed by atoms with van der Waals surface area (Å²) in [5, 5.41) is 19.5. The monoisotopic (exact) mass is 462 g/mol. The van der Waals surface area contributed by atoms with Crippen LogP contribution < -0.4 is 20.8 Å². The Labute approximate surface area is 201 Å². The summed E-state index contributed by atoms with van der Waals surface area (Å²) in [7, 11) is 0. The number of carbonyl (C=O) groups is 2. The summed E-state index contributed by atoms with van der Waals surface area (Å²) in [6, 6.07) is 30.7. The molecule has 0 unspecified atom stereocenters. The van der Waals surface area contributed by atoms with E-state index >= 15 is 0 Å². The minimum absolute atomic E-state index is 0.0835. The molecule has 5 rings (SSSR count). The van der Waals surface area contributed by atoms with E-state index in [2.05, 4.69) is 15.8 Å². The lowest BCUT2D eigenvalue weighted by molar-refractivity contribution is 0.102. The molecule has 1 heterocycles. The molecule has 0 bridgehead atoms. The van der Waals surface area contributed by atoms with Crippen LogP contribution in [-0.4, -0.2) is 22.9 Å². The van der Waals surface area contributed by atoms with Crippen molar-refractivity contribution < 1.29 is 14.7 Å². The molecule has 0 saturated carbocycles. The molecular formula is C27H20N5O3. The number of nitrogens with one attached hydrogen (secondary N) is 1. The molecule has 4 aromatic rings. The van der Waals surface area contributed by atoms with Gasteiger partial charge in [-0.25, -0.2) is 4.79 Å². The number of hydrogen-bond donors (Lipinski definition) is 2. The highest BCUT2D eigenvalue weighted by Crippen LogP contribution is 2.27. The van der Waals surface area contributed by atoms with Crippen LogP contribution in [0, 0.1) is 0 Å². The van der Waals surface area contributed by atoms with Gasteiger partial charge in [-0.3, -0.25) is 4.79 Å².